The first-order valence-corrected chi connectivity index (χ1v) is 8.47. The molecule has 1 fully saturated rings. The molecule has 0 aromatic heterocycles. The summed E-state index contributed by atoms with van der Waals surface area (Å²) in [6, 6.07) is -0.348. The van der Waals surface area contributed by atoms with E-state index in [1.54, 1.807) is 0 Å². The zero-order chi connectivity index (χ0) is 15.8. The van der Waals surface area contributed by atoms with Crippen molar-refractivity contribution in [3.05, 3.63) is 0 Å². The maximum absolute atomic E-state index is 12.2. The molecule has 3 unspecified atom stereocenters. The number of carbonyl (C=O) groups excluding carboxylic acids is 1. The number of carbonyl (C=O) groups is 1. The number of morpholine rings is 1. The van der Waals surface area contributed by atoms with Gasteiger partial charge in [0.25, 0.3) is 0 Å². The SMILES string of the molecule is CCC(C)C(N)C(=O)CC(C)C(=S)CCN1CCOCC1. The number of nitrogens with two attached hydrogens (primary N) is 1. The van der Waals surface area contributed by atoms with Gasteiger partial charge in [0.15, 0.2) is 0 Å². The first kappa shape index (κ1) is 18.7. The molecule has 1 saturated heterocycles. The predicted octanol–water partition coefficient (Wildman–Crippen LogP) is 2.05. The number of nitrogens with zero attached hydrogens (tertiary/aromatic N) is 1. The molecule has 0 amide bonds. The molecule has 1 aliphatic heterocycles. The highest BCUT2D eigenvalue weighted by atomic mass is 32.1. The molecule has 122 valence electrons. The largest absolute Gasteiger partial charge is 0.379 e. The molecule has 5 heteroatoms. The van der Waals surface area contributed by atoms with Crippen LogP contribution in [0.4, 0.5) is 0 Å². The van der Waals surface area contributed by atoms with Crippen LogP contribution in [0.25, 0.3) is 0 Å². The summed E-state index contributed by atoms with van der Waals surface area (Å²) in [6.45, 7) is 10.7. The van der Waals surface area contributed by atoms with Gasteiger partial charge in [0.2, 0.25) is 0 Å². The Morgan fingerprint density at radius 2 is 1.95 bits per heavy atom. The monoisotopic (exact) mass is 314 g/mol. The number of rotatable bonds is 9. The van der Waals surface area contributed by atoms with Gasteiger partial charge >= 0.3 is 0 Å². The van der Waals surface area contributed by atoms with Gasteiger partial charge in [0.05, 0.1) is 19.3 Å². The van der Waals surface area contributed by atoms with Crippen LogP contribution in [-0.2, 0) is 9.53 Å². The number of hydrogen-bond acceptors (Lipinski definition) is 5. The highest BCUT2D eigenvalue weighted by molar-refractivity contribution is 7.80. The zero-order valence-corrected chi connectivity index (χ0v) is 14.5. The van der Waals surface area contributed by atoms with Crippen LogP contribution in [0.5, 0.6) is 0 Å². The molecule has 2 N–H and O–H groups in total. The van der Waals surface area contributed by atoms with Crippen LogP contribution in [0, 0.1) is 11.8 Å². The Morgan fingerprint density at radius 1 is 1.33 bits per heavy atom. The first-order valence-electron chi connectivity index (χ1n) is 8.06. The molecule has 1 rings (SSSR count). The van der Waals surface area contributed by atoms with Gasteiger partial charge in [-0.2, -0.15) is 0 Å². The number of ketones is 1. The normalized spacial score (nSPS) is 20.8. The van der Waals surface area contributed by atoms with E-state index < -0.39 is 0 Å². The zero-order valence-electron chi connectivity index (χ0n) is 13.6. The molecule has 0 aromatic carbocycles. The Balaban J connectivity index is 2.31. The minimum atomic E-state index is -0.348. The number of Topliss-reactive ketones (excluding diaryl/α,β-unsaturated/α-hetero) is 1. The van der Waals surface area contributed by atoms with Gasteiger partial charge in [-0.05, 0) is 23.1 Å². The Morgan fingerprint density at radius 3 is 2.52 bits per heavy atom. The van der Waals surface area contributed by atoms with Crippen LogP contribution in [-0.4, -0.2) is 54.4 Å². The molecule has 1 heterocycles. The lowest BCUT2D eigenvalue weighted by Gasteiger charge is -2.27. The van der Waals surface area contributed by atoms with E-state index in [-0.39, 0.29) is 23.7 Å². The number of hydrogen-bond donors (Lipinski definition) is 1. The number of thiocarbonyl (C=S) groups is 1. The van der Waals surface area contributed by atoms with E-state index in [1.807, 2.05) is 13.8 Å². The Bertz CT molecular complexity index is 343. The van der Waals surface area contributed by atoms with Crippen molar-refractivity contribution in [2.24, 2.45) is 17.6 Å². The topological polar surface area (TPSA) is 55.6 Å². The molecule has 1 aliphatic rings. The molecule has 4 nitrogen and oxygen atoms in total. The Labute approximate surface area is 134 Å². The summed E-state index contributed by atoms with van der Waals surface area (Å²) in [4.78, 5) is 15.5. The van der Waals surface area contributed by atoms with E-state index in [1.165, 1.54) is 0 Å². The second kappa shape index (κ2) is 9.62. The lowest BCUT2D eigenvalue weighted by Crippen LogP contribution is -2.39. The minimum absolute atomic E-state index is 0.142. The van der Waals surface area contributed by atoms with E-state index in [4.69, 9.17) is 22.7 Å². The molecular weight excluding hydrogens is 284 g/mol. The van der Waals surface area contributed by atoms with Crippen molar-refractivity contribution in [2.75, 3.05) is 32.8 Å². The smallest absolute Gasteiger partial charge is 0.150 e. The summed E-state index contributed by atoms with van der Waals surface area (Å²) < 4.78 is 5.33. The second-order valence-corrected chi connectivity index (χ2v) is 6.68. The van der Waals surface area contributed by atoms with Crippen LogP contribution in [0.3, 0.4) is 0 Å². The van der Waals surface area contributed by atoms with E-state index >= 15 is 0 Å². The van der Waals surface area contributed by atoms with Crippen LogP contribution in [0.15, 0.2) is 0 Å². The van der Waals surface area contributed by atoms with Crippen LogP contribution in [0.2, 0.25) is 0 Å². The van der Waals surface area contributed by atoms with Crippen molar-refractivity contribution in [3.63, 3.8) is 0 Å². The molecule has 0 spiro atoms. The van der Waals surface area contributed by atoms with Gasteiger partial charge in [-0.15, -0.1) is 0 Å². The molecule has 21 heavy (non-hydrogen) atoms. The van der Waals surface area contributed by atoms with Gasteiger partial charge in [-0.25, -0.2) is 0 Å². The second-order valence-electron chi connectivity index (χ2n) is 6.15. The van der Waals surface area contributed by atoms with E-state index in [2.05, 4.69) is 11.8 Å². The maximum atomic E-state index is 12.2. The van der Waals surface area contributed by atoms with Gasteiger partial charge in [-0.3, -0.25) is 9.69 Å². The minimum Gasteiger partial charge on any atom is -0.379 e. The van der Waals surface area contributed by atoms with Crippen LogP contribution < -0.4 is 5.73 Å². The quantitative estimate of drug-likeness (QED) is 0.660. The average Bonchev–Trinajstić information content (AvgIpc) is 2.51. The van der Waals surface area contributed by atoms with E-state index in [9.17, 15) is 4.79 Å². The molecule has 0 aromatic rings. The lowest BCUT2D eigenvalue weighted by atomic mass is 9.90. The fraction of sp³-hybridized carbons (Fsp3) is 0.875. The third-order valence-corrected chi connectivity index (χ3v) is 5.07. The predicted molar refractivity (Wildman–Crippen MR) is 90.7 cm³/mol. The molecular formula is C16H30N2O2S. The standard InChI is InChI=1S/C16H30N2O2S/c1-4-12(2)16(17)14(19)11-13(3)15(21)5-6-18-7-9-20-10-8-18/h12-13,16H,4-11,17H2,1-3H3. The van der Waals surface area contributed by atoms with Crippen molar-refractivity contribution in [3.8, 4) is 0 Å². The van der Waals surface area contributed by atoms with Gasteiger partial charge < -0.3 is 10.5 Å². The first-order chi connectivity index (χ1) is 9.95. The fourth-order valence-electron chi connectivity index (χ4n) is 2.46. The average molecular weight is 314 g/mol. The van der Waals surface area contributed by atoms with Crippen molar-refractivity contribution in [2.45, 2.75) is 46.1 Å². The molecule has 0 aliphatic carbocycles. The van der Waals surface area contributed by atoms with Gasteiger partial charge in [-0.1, -0.05) is 39.4 Å². The summed E-state index contributed by atoms with van der Waals surface area (Å²) in [5, 5.41) is 0. The summed E-state index contributed by atoms with van der Waals surface area (Å²) >= 11 is 5.49. The molecule has 0 bridgehead atoms. The lowest BCUT2D eigenvalue weighted by molar-refractivity contribution is -0.121. The molecule has 0 radical (unpaired) electrons. The molecule has 3 atom stereocenters. The van der Waals surface area contributed by atoms with E-state index in [0.29, 0.717) is 6.42 Å². The van der Waals surface area contributed by atoms with Crippen molar-refractivity contribution < 1.29 is 9.53 Å². The van der Waals surface area contributed by atoms with Crippen molar-refractivity contribution in [1.29, 1.82) is 0 Å². The third kappa shape index (κ3) is 6.51. The van der Waals surface area contributed by atoms with Crippen molar-refractivity contribution in [1.82, 2.24) is 4.90 Å². The highest BCUT2D eigenvalue weighted by Crippen LogP contribution is 2.15. The highest BCUT2D eigenvalue weighted by Gasteiger charge is 2.23. The summed E-state index contributed by atoms with van der Waals surface area (Å²) in [5.74, 6) is 0.529. The summed E-state index contributed by atoms with van der Waals surface area (Å²) in [5.41, 5.74) is 6.00. The van der Waals surface area contributed by atoms with Gasteiger partial charge in [0.1, 0.15) is 5.78 Å². The fourth-order valence-corrected chi connectivity index (χ4v) is 2.64. The third-order valence-electron chi connectivity index (χ3n) is 4.46. The van der Waals surface area contributed by atoms with Crippen LogP contribution in [0.1, 0.15) is 40.0 Å². The summed E-state index contributed by atoms with van der Waals surface area (Å²) in [7, 11) is 0. The Hall–Kier alpha value is -0.360. The maximum Gasteiger partial charge on any atom is 0.150 e. The Kier molecular flexibility index (Phi) is 8.56. The molecule has 0 saturated carbocycles. The van der Waals surface area contributed by atoms with E-state index in [0.717, 1.165) is 50.6 Å². The number of ether oxygens (including phenoxy) is 1. The summed E-state index contributed by atoms with van der Waals surface area (Å²) in [6.07, 6.45) is 2.29. The van der Waals surface area contributed by atoms with Gasteiger partial charge in [0, 0.05) is 26.1 Å². The van der Waals surface area contributed by atoms with Crippen LogP contribution >= 0.6 is 12.2 Å². The van der Waals surface area contributed by atoms with Crippen molar-refractivity contribution >= 4 is 22.9 Å².